The molecule has 0 aliphatic carbocycles. The van der Waals surface area contributed by atoms with Crippen molar-refractivity contribution < 1.29 is 0 Å². The summed E-state index contributed by atoms with van der Waals surface area (Å²) in [6, 6.07) is 9.18. The third kappa shape index (κ3) is 3.60. The van der Waals surface area contributed by atoms with Gasteiger partial charge in [-0.3, -0.25) is 0 Å². The Morgan fingerprint density at radius 2 is 2.00 bits per heavy atom. The van der Waals surface area contributed by atoms with Crippen LogP contribution in [0.3, 0.4) is 0 Å². The normalized spacial score (nSPS) is 14.7. The van der Waals surface area contributed by atoms with Crippen molar-refractivity contribution in [3.8, 4) is 0 Å². The van der Waals surface area contributed by atoms with E-state index in [9.17, 15) is 0 Å². The lowest BCUT2D eigenvalue weighted by Gasteiger charge is -2.13. The van der Waals surface area contributed by atoms with E-state index in [0.717, 1.165) is 18.9 Å². The zero-order valence-electron chi connectivity index (χ0n) is 12.4. The smallest absolute Gasteiger partial charge is 0.0480 e. The first-order valence-electron chi connectivity index (χ1n) is 7.43. The number of hydrogen-bond donors (Lipinski definition) is 1. The van der Waals surface area contributed by atoms with Crippen molar-refractivity contribution in [3.63, 3.8) is 0 Å². The maximum atomic E-state index is 5.87. The molecule has 19 heavy (non-hydrogen) atoms. The van der Waals surface area contributed by atoms with Crippen molar-refractivity contribution in [2.45, 2.75) is 52.6 Å². The molecule has 0 spiro atoms. The van der Waals surface area contributed by atoms with Crippen LogP contribution < -0.4 is 5.73 Å². The van der Waals surface area contributed by atoms with Crippen LogP contribution in [0, 0.1) is 5.92 Å². The van der Waals surface area contributed by atoms with Gasteiger partial charge in [0.05, 0.1) is 0 Å². The van der Waals surface area contributed by atoms with Crippen LogP contribution in [0.2, 0.25) is 0 Å². The lowest BCUT2D eigenvalue weighted by Crippen LogP contribution is -2.17. The van der Waals surface area contributed by atoms with E-state index in [1.807, 2.05) is 0 Å². The minimum absolute atomic E-state index is 0.226. The molecule has 2 N–H and O–H groups in total. The number of hydrogen-bond acceptors (Lipinski definition) is 1. The van der Waals surface area contributed by atoms with Gasteiger partial charge in [-0.05, 0) is 54.8 Å². The summed E-state index contributed by atoms with van der Waals surface area (Å²) in [4.78, 5) is 0. The standard InChI is InChI=1S/C17H26N2/c1-4-5-13(2)12-19-9-8-16-11-15(10-14(3)18)6-7-17(16)19/h6-9,11,13-14H,4-5,10,12,18H2,1-3H3. The van der Waals surface area contributed by atoms with Crippen LogP contribution >= 0.6 is 0 Å². The quantitative estimate of drug-likeness (QED) is 0.835. The Hall–Kier alpha value is -1.28. The molecular formula is C17H26N2. The zero-order valence-corrected chi connectivity index (χ0v) is 12.4. The molecule has 2 aromatic rings. The number of aromatic nitrogens is 1. The monoisotopic (exact) mass is 258 g/mol. The Kier molecular flexibility index (Phi) is 4.65. The first-order chi connectivity index (χ1) is 9.10. The van der Waals surface area contributed by atoms with E-state index in [4.69, 9.17) is 5.73 Å². The Balaban J connectivity index is 2.19. The predicted octanol–water partition coefficient (Wildman–Crippen LogP) is 3.97. The lowest BCUT2D eigenvalue weighted by molar-refractivity contribution is 0.453. The number of rotatable bonds is 6. The largest absolute Gasteiger partial charge is 0.347 e. The highest BCUT2D eigenvalue weighted by Gasteiger charge is 2.07. The van der Waals surface area contributed by atoms with Crippen molar-refractivity contribution in [1.82, 2.24) is 4.57 Å². The van der Waals surface area contributed by atoms with Crippen LogP contribution in [-0.2, 0) is 13.0 Å². The van der Waals surface area contributed by atoms with Gasteiger partial charge in [-0.25, -0.2) is 0 Å². The first kappa shape index (κ1) is 14.1. The Morgan fingerprint density at radius 1 is 1.21 bits per heavy atom. The minimum Gasteiger partial charge on any atom is -0.347 e. The highest BCUT2D eigenvalue weighted by molar-refractivity contribution is 5.80. The summed E-state index contributed by atoms with van der Waals surface area (Å²) >= 11 is 0. The summed E-state index contributed by atoms with van der Waals surface area (Å²) in [5, 5.41) is 1.34. The van der Waals surface area contributed by atoms with Gasteiger partial charge in [0.25, 0.3) is 0 Å². The second-order valence-electron chi connectivity index (χ2n) is 5.94. The van der Waals surface area contributed by atoms with Gasteiger partial charge in [0, 0.05) is 24.3 Å². The van der Waals surface area contributed by atoms with E-state index in [1.165, 1.54) is 29.3 Å². The van der Waals surface area contributed by atoms with Crippen molar-refractivity contribution in [2.24, 2.45) is 11.7 Å². The zero-order chi connectivity index (χ0) is 13.8. The Morgan fingerprint density at radius 3 is 2.68 bits per heavy atom. The van der Waals surface area contributed by atoms with E-state index in [-0.39, 0.29) is 6.04 Å². The van der Waals surface area contributed by atoms with E-state index in [2.05, 4.69) is 55.8 Å². The van der Waals surface area contributed by atoms with Gasteiger partial charge in [-0.2, -0.15) is 0 Å². The van der Waals surface area contributed by atoms with Gasteiger partial charge in [0.1, 0.15) is 0 Å². The molecule has 2 heteroatoms. The van der Waals surface area contributed by atoms with E-state index in [1.54, 1.807) is 0 Å². The summed E-state index contributed by atoms with van der Waals surface area (Å²) < 4.78 is 2.38. The van der Waals surface area contributed by atoms with Crippen molar-refractivity contribution in [3.05, 3.63) is 36.0 Å². The number of nitrogens with two attached hydrogens (primary N) is 1. The van der Waals surface area contributed by atoms with Crippen molar-refractivity contribution in [1.29, 1.82) is 0 Å². The molecule has 0 fully saturated rings. The molecule has 1 aromatic heterocycles. The molecule has 1 heterocycles. The predicted molar refractivity (Wildman–Crippen MR) is 83.4 cm³/mol. The maximum Gasteiger partial charge on any atom is 0.0480 e. The van der Waals surface area contributed by atoms with Crippen LogP contribution in [-0.4, -0.2) is 10.6 Å². The van der Waals surface area contributed by atoms with Gasteiger partial charge >= 0.3 is 0 Å². The average Bonchev–Trinajstić information content (AvgIpc) is 2.71. The van der Waals surface area contributed by atoms with Crippen LogP contribution in [0.1, 0.15) is 39.2 Å². The molecule has 2 rings (SSSR count). The van der Waals surface area contributed by atoms with Crippen molar-refractivity contribution in [2.75, 3.05) is 0 Å². The summed E-state index contributed by atoms with van der Waals surface area (Å²) in [5.41, 5.74) is 8.55. The Bertz CT molecular complexity index is 525. The minimum atomic E-state index is 0.226. The van der Waals surface area contributed by atoms with Crippen molar-refractivity contribution >= 4 is 10.9 Å². The third-order valence-corrected chi connectivity index (χ3v) is 3.68. The molecule has 0 amide bonds. The molecule has 0 aliphatic heterocycles. The fourth-order valence-corrected chi connectivity index (χ4v) is 2.83. The number of nitrogens with zero attached hydrogens (tertiary/aromatic N) is 1. The second-order valence-corrected chi connectivity index (χ2v) is 5.94. The molecular weight excluding hydrogens is 232 g/mol. The number of benzene rings is 1. The van der Waals surface area contributed by atoms with E-state index < -0.39 is 0 Å². The van der Waals surface area contributed by atoms with Gasteiger partial charge in [-0.15, -0.1) is 0 Å². The fraction of sp³-hybridized carbons (Fsp3) is 0.529. The van der Waals surface area contributed by atoms with Crippen LogP contribution in [0.5, 0.6) is 0 Å². The number of fused-ring (bicyclic) bond motifs is 1. The molecule has 104 valence electrons. The summed E-state index contributed by atoms with van der Waals surface area (Å²) in [7, 11) is 0. The molecule has 0 saturated carbocycles. The highest BCUT2D eigenvalue weighted by atomic mass is 15.0. The Labute approximate surface area is 116 Å². The molecule has 0 radical (unpaired) electrons. The van der Waals surface area contributed by atoms with Gasteiger partial charge < -0.3 is 10.3 Å². The van der Waals surface area contributed by atoms with E-state index in [0.29, 0.717) is 0 Å². The molecule has 2 unspecified atom stereocenters. The second kappa shape index (κ2) is 6.25. The molecule has 2 nitrogen and oxygen atoms in total. The third-order valence-electron chi connectivity index (χ3n) is 3.68. The van der Waals surface area contributed by atoms with Gasteiger partial charge in [0.15, 0.2) is 0 Å². The summed E-state index contributed by atoms with van der Waals surface area (Å²) in [6.07, 6.45) is 5.72. The molecule has 2 atom stereocenters. The molecule has 0 saturated heterocycles. The first-order valence-corrected chi connectivity index (χ1v) is 7.43. The van der Waals surface area contributed by atoms with Crippen LogP contribution in [0.15, 0.2) is 30.5 Å². The maximum absolute atomic E-state index is 5.87. The summed E-state index contributed by atoms with van der Waals surface area (Å²) in [6.45, 7) is 7.76. The fourth-order valence-electron chi connectivity index (χ4n) is 2.83. The van der Waals surface area contributed by atoms with Gasteiger partial charge in [0.2, 0.25) is 0 Å². The van der Waals surface area contributed by atoms with Gasteiger partial charge in [-0.1, -0.05) is 26.3 Å². The highest BCUT2D eigenvalue weighted by Crippen LogP contribution is 2.20. The SMILES string of the molecule is CCCC(C)Cn1ccc2cc(CC(C)N)ccc21. The summed E-state index contributed by atoms with van der Waals surface area (Å²) in [5.74, 6) is 0.740. The van der Waals surface area contributed by atoms with Crippen LogP contribution in [0.25, 0.3) is 10.9 Å². The van der Waals surface area contributed by atoms with E-state index >= 15 is 0 Å². The molecule has 1 aromatic carbocycles. The molecule has 0 aliphatic rings. The molecule has 0 bridgehead atoms. The average molecular weight is 258 g/mol. The topological polar surface area (TPSA) is 30.9 Å². The van der Waals surface area contributed by atoms with Crippen LogP contribution in [0.4, 0.5) is 0 Å². The lowest BCUT2D eigenvalue weighted by atomic mass is 10.1.